The number of hydrogen-bond acceptors (Lipinski definition) is 5. The lowest BCUT2D eigenvalue weighted by atomic mass is 10.1. The van der Waals surface area contributed by atoms with Crippen LogP contribution >= 0.6 is 11.8 Å². The van der Waals surface area contributed by atoms with E-state index >= 15 is 0 Å². The maximum absolute atomic E-state index is 11.0. The van der Waals surface area contributed by atoms with Gasteiger partial charge in [-0.05, 0) is 5.92 Å². The van der Waals surface area contributed by atoms with Crippen LogP contribution in [0, 0.1) is 5.92 Å². The zero-order valence-corrected chi connectivity index (χ0v) is 11.3. The molecular weight excluding hydrogens is 240 g/mol. The number of carbonyl (C=O) groups is 1. The molecular formula is C11H18N2O3S. The highest BCUT2D eigenvalue weighted by Crippen LogP contribution is 2.23. The van der Waals surface area contributed by atoms with Gasteiger partial charge < -0.3 is 9.63 Å². The normalized spacial score (nSPS) is 13.3. The molecule has 0 amide bonds. The number of hydrogen-bond donors (Lipinski definition) is 1. The minimum Gasteiger partial charge on any atom is -0.480 e. The van der Waals surface area contributed by atoms with Crippen molar-refractivity contribution in [3.63, 3.8) is 0 Å². The smallest absolute Gasteiger partial charge is 0.316 e. The molecule has 0 radical (unpaired) electrons. The first-order valence-corrected chi connectivity index (χ1v) is 6.63. The molecule has 0 aliphatic rings. The third-order valence-corrected chi connectivity index (χ3v) is 3.75. The van der Waals surface area contributed by atoms with Crippen molar-refractivity contribution in [3.05, 3.63) is 11.7 Å². The summed E-state index contributed by atoms with van der Waals surface area (Å²) in [5.41, 5.74) is 0. The van der Waals surface area contributed by atoms with Crippen molar-refractivity contribution in [1.82, 2.24) is 10.1 Å². The summed E-state index contributed by atoms with van der Waals surface area (Å²) in [5.74, 6) is 1.10. The van der Waals surface area contributed by atoms with Crippen molar-refractivity contribution in [2.24, 2.45) is 5.92 Å². The second kappa shape index (κ2) is 6.05. The van der Waals surface area contributed by atoms with Crippen LogP contribution in [0.3, 0.4) is 0 Å². The lowest BCUT2D eigenvalue weighted by Gasteiger charge is -2.14. The minimum atomic E-state index is -0.794. The van der Waals surface area contributed by atoms with Crippen molar-refractivity contribution >= 4 is 17.7 Å². The molecule has 0 spiro atoms. The average molecular weight is 258 g/mol. The molecule has 6 heteroatoms. The Labute approximate surface area is 105 Å². The van der Waals surface area contributed by atoms with Crippen LogP contribution in [-0.2, 0) is 10.5 Å². The number of aliphatic carboxylic acids is 1. The van der Waals surface area contributed by atoms with Crippen molar-refractivity contribution < 1.29 is 14.4 Å². The fourth-order valence-corrected chi connectivity index (χ4v) is 2.25. The van der Waals surface area contributed by atoms with Gasteiger partial charge in [0.1, 0.15) is 5.25 Å². The van der Waals surface area contributed by atoms with E-state index in [9.17, 15) is 4.79 Å². The summed E-state index contributed by atoms with van der Waals surface area (Å²) in [6.07, 6.45) is 0. The summed E-state index contributed by atoms with van der Waals surface area (Å²) in [7, 11) is 0. The molecule has 1 N–H and O–H groups in total. The highest BCUT2D eigenvalue weighted by Gasteiger charge is 2.22. The monoisotopic (exact) mass is 258 g/mol. The van der Waals surface area contributed by atoms with E-state index in [1.165, 1.54) is 11.8 Å². The van der Waals surface area contributed by atoms with E-state index in [1.54, 1.807) is 0 Å². The Morgan fingerprint density at radius 2 is 2.06 bits per heavy atom. The number of carboxylic acid groups (broad SMARTS) is 1. The summed E-state index contributed by atoms with van der Waals surface area (Å²) < 4.78 is 5.06. The summed E-state index contributed by atoms with van der Waals surface area (Å²) in [4.78, 5) is 15.2. The van der Waals surface area contributed by atoms with Crippen LogP contribution in [0.2, 0.25) is 0 Å². The van der Waals surface area contributed by atoms with Gasteiger partial charge >= 0.3 is 5.97 Å². The molecule has 0 saturated carbocycles. The maximum Gasteiger partial charge on any atom is 0.316 e. The van der Waals surface area contributed by atoms with E-state index in [0.717, 1.165) is 0 Å². The molecule has 1 atom stereocenters. The second-order valence-corrected chi connectivity index (χ2v) is 5.65. The van der Waals surface area contributed by atoms with E-state index in [-0.39, 0.29) is 11.8 Å². The Balaban J connectivity index is 2.56. The Bertz CT molecular complexity index is 377. The molecule has 96 valence electrons. The molecule has 1 heterocycles. The topological polar surface area (TPSA) is 76.2 Å². The molecule has 17 heavy (non-hydrogen) atoms. The van der Waals surface area contributed by atoms with Crippen molar-refractivity contribution in [3.8, 4) is 0 Å². The SMILES string of the molecule is CC(C)c1nc(CSC(C(=O)O)C(C)C)no1. The molecule has 0 fully saturated rings. The quantitative estimate of drug-likeness (QED) is 0.845. The average Bonchev–Trinajstić information content (AvgIpc) is 2.65. The summed E-state index contributed by atoms with van der Waals surface area (Å²) >= 11 is 1.33. The van der Waals surface area contributed by atoms with Crippen LogP contribution in [0.1, 0.15) is 45.3 Å². The Morgan fingerprint density at radius 3 is 2.47 bits per heavy atom. The van der Waals surface area contributed by atoms with Crippen molar-refractivity contribution in [2.75, 3.05) is 0 Å². The lowest BCUT2D eigenvalue weighted by Crippen LogP contribution is -2.22. The van der Waals surface area contributed by atoms with Gasteiger partial charge in [0.05, 0.1) is 5.75 Å². The molecule has 0 bridgehead atoms. The fourth-order valence-electron chi connectivity index (χ4n) is 1.27. The van der Waals surface area contributed by atoms with Crippen molar-refractivity contribution in [2.45, 2.75) is 44.6 Å². The highest BCUT2D eigenvalue weighted by atomic mass is 32.2. The van der Waals surface area contributed by atoms with E-state index in [4.69, 9.17) is 9.63 Å². The molecule has 1 aromatic rings. The molecule has 1 unspecified atom stereocenters. The number of thioether (sulfide) groups is 1. The number of aromatic nitrogens is 2. The van der Waals surface area contributed by atoms with Crippen LogP contribution in [-0.4, -0.2) is 26.5 Å². The summed E-state index contributed by atoms with van der Waals surface area (Å²) in [5, 5.41) is 12.4. The summed E-state index contributed by atoms with van der Waals surface area (Å²) in [6, 6.07) is 0. The Morgan fingerprint density at radius 1 is 1.41 bits per heavy atom. The molecule has 1 rings (SSSR count). The van der Waals surface area contributed by atoms with Gasteiger partial charge in [-0.15, -0.1) is 11.8 Å². The largest absolute Gasteiger partial charge is 0.480 e. The first-order chi connectivity index (χ1) is 7.91. The van der Waals surface area contributed by atoms with Gasteiger partial charge in [-0.3, -0.25) is 4.79 Å². The van der Waals surface area contributed by atoms with Gasteiger partial charge in [-0.1, -0.05) is 32.9 Å². The first-order valence-electron chi connectivity index (χ1n) is 5.58. The standard InChI is InChI=1S/C11H18N2O3S/c1-6(2)9(11(14)15)17-5-8-12-10(7(3)4)16-13-8/h6-7,9H,5H2,1-4H3,(H,14,15). The van der Waals surface area contributed by atoms with E-state index < -0.39 is 11.2 Å². The van der Waals surface area contributed by atoms with Gasteiger partial charge in [0.25, 0.3) is 0 Å². The summed E-state index contributed by atoms with van der Waals surface area (Å²) in [6.45, 7) is 7.72. The van der Waals surface area contributed by atoms with Crippen LogP contribution in [0.5, 0.6) is 0 Å². The Hall–Kier alpha value is -1.04. The van der Waals surface area contributed by atoms with Gasteiger partial charge in [0, 0.05) is 5.92 Å². The van der Waals surface area contributed by atoms with Crippen LogP contribution in [0.4, 0.5) is 0 Å². The zero-order chi connectivity index (χ0) is 13.0. The molecule has 5 nitrogen and oxygen atoms in total. The van der Waals surface area contributed by atoms with Gasteiger partial charge in [0.2, 0.25) is 5.89 Å². The second-order valence-electron chi connectivity index (χ2n) is 4.52. The molecule has 0 aliphatic carbocycles. The van der Waals surface area contributed by atoms with Crippen LogP contribution < -0.4 is 0 Å². The number of carboxylic acids is 1. The predicted octanol–water partition coefficient (Wildman–Crippen LogP) is 2.54. The van der Waals surface area contributed by atoms with Crippen LogP contribution in [0.25, 0.3) is 0 Å². The van der Waals surface area contributed by atoms with E-state index in [1.807, 2.05) is 27.7 Å². The number of nitrogens with zero attached hydrogens (tertiary/aromatic N) is 2. The Kier molecular flexibility index (Phi) is 4.99. The maximum atomic E-state index is 11.0. The minimum absolute atomic E-state index is 0.0778. The molecule has 0 aliphatic heterocycles. The first kappa shape index (κ1) is 14.0. The van der Waals surface area contributed by atoms with Gasteiger partial charge in [0.15, 0.2) is 5.82 Å². The van der Waals surface area contributed by atoms with E-state index in [2.05, 4.69) is 10.1 Å². The third-order valence-electron chi connectivity index (χ3n) is 2.22. The van der Waals surface area contributed by atoms with Crippen LogP contribution in [0.15, 0.2) is 4.52 Å². The van der Waals surface area contributed by atoms with E-state index in [0.29, 0.717) is 17.5 Å². The van der Waals surface area contributed by atoms with Gasteiger partial charge in [-0.2, -0.15) is 4.98 Å². The highest BCUT2D eigenvalue weighted by molar-refractivity contribution is 7.99. The third kappa shape index (κ3) is 4.03. The zero-order valence-electron chi connectivity index (χ0n) is 10.5. The number of rotatable bonds is 6. The lowest BCUT2D eigenvalue weighted by molar-refractivity contribution is -0.137. The molecule has 1 aromatic heterocycles. The van der Waals surface area contributed by atoms with Gasteiger partial charge in [-0.25, -0.2) is 0 Å². The molecule has 0 aromatic carbocycles. The molecule has 0 saturated heterocycles. The fraction of sp³-hybridized carbons (Fsp3) is 0.727. The van der Waals surface area contributed by atoms with Crippen molar-refractivity contribution in [1.29, 1.82) is 0 Å². The predicted molar refractivity (Wildman–Crippen MR) is 65.9 cm³/mol.